The fraction of sp³-hybridized carbons (Fsp3) is 0.700. The number of nitrogens with zero attached hydrogens (tertiary/aromatic N) is 3. The van der Waals surface area contributed by atoms with E-state index in [1.54, 1.807) is 0 Å². The molecule has 5 rings (SSSR count). The van der Waals surface area contributed by atoms with Crippen LogP contribution in [0.2, 0.25) is 0 Å². The van der Waals surface area contributed by atoms with Gasteiger partial charge in [0.2, 0.25) is 5.91 Å². The van der Waals surface area contributed by atoms with Crippen LogP contribution in [0.4, 0.5) is 4.79 Å². The lowest BCUT2D eigenvalue weighted by Gasteiger charge is -2.41. The zero-order valence-electron chi connectivity index (χ0n) is 19.6. The molecule has 204 valence electrons. The predicted octanol–water partition coefficient (Wildman–Crippen LogP) is -2.31. The van der Waals surface area contributed by atoms with Gasteiger partial charge in [-0.15, -0.1) is 0 Å². The Labute approximate surface area is 209 Å². The summed E-state index contributed by atoms with van der Waals surface area (Å²) >= 11 is 0. The van der Waals surface area contributed by atoms with Crippen molar-refractivity contribution in [2.45, 2.75) is 63.1 Å². The van der Waals surface area contributed by atoms with Crippen LogP contribution in [0.5, 0.6) is 5.88 Å². The molecule has 16 nitrogen and oxygen atoms in total. The van der Waals surface area contributed by atoms with Crippen LogP contribution in [0.1, 0.15) is 31.6 Å². The van der Waals surface area contributed by atoms with E-state index in [2.05, 4.69) is 10.3 Å². The van der Waals surface area contributed by atoms with E-state index in [0.717, 1.165) is 4.57 Å². The van der Waals surface area contributed by atoms with E-state index in [-0.39, 0.29) is 31.4 Å². The highest BCUT2D eigenvalue weighted by molar-refractivity contribution is 7.47. The van der Waals surface area contributed by atoms with Crippen LogP contribution in [0, 0.1) is 5.41 Å². The molecule has 0 spiro atoms. The van der Waals surface area contributed by atoms with E-state index in [0.29, 0.717) is 0 Å². The molecule has 3 saturated heterocycles. The molecule has 4 aliphatic rings. The fourth-order valence-electron chi connectivity index (χ4n) is 5.02. The summed E-state index contributed by atoms with van der Waals surface area (Å²) < 4.78 is 35.2. The predicted molar refractivity (Wildman–Crippen MR) is 116 cm³/mol. The van der Waals surface area contributed by atoms with Crippen molar-refractivity contribution >= 4 is 19.8 Å². The van der Waals surface area contributed by atoms with Gasteiger partial charge in [-0.25, -0.2) is 19.1 Å². The van der Waals surface area contributed by atoms with E-state index >= 15 is 0 Å². The van der Waals surface area contributed by atoms with E-state index in [1.807, 2.05) is 0 Å². The summed E-state index contributed by atoms with van der Waals surface area (Å²) in [6.07, 6.45) is -5.98. The minimum absolute atomic E-state index is 0.00435. The number of carbonyl (C=O) groups is 2. The number of urea groups is 1. The lowest BCUT2D eigenvalue weighted by atomic mass is 9.81. The number of phosphoric acid groups is 1. The molecule has 1 aromatic heterocycles. The second-order valence-electron chi connectivity index (χ2n) is 9.77. The zero-order chi connectivity index (χ0) is 26.7. The Balaban J connectivity index is 1.55. The molecule has 0 radical (unpaired) electrons. The summed E-state index contributed by atoms with van der Waals surface area (Å²) in [6, 6.07) is -0.795. The minimum atomic E-state index is -4.76. The number of phosphoric ester groups is 1. The molecular weight excluding hydrogens is 519 g/mol. The molecule has 0 aromatic carbocycles. The van der Waals surface area contributed by atoms with Crippen molar-refractivity contribution in [1.29, 1.82) is 0 Å². The summed E-state index contributed by atoms with van der Waals surface area (Å²) in [5.41, 5.74) is -2.32. The molecule has 4 aliphatic heterocycles. The number of nitrogens with one attached hydrogen (secondary N) is 1. The average molecular weight is 545 g/mol. The second kappa shape index (κ2) is 9.39. The van der Waals surface area contributed by atoms with Gasteiger partial charge in [0.1, 0.15) is 30.8 Å². The first kappa shape index (κ1) is 26.2. The maximum atomic E-state index is 12.9. The third kappa shape index (κ3) is 4.91. The number of amides is 3. The molecule has 37 heavy (non-hydrogen) atoms. The van der Waals surface area contributed by atoms with E-state index in [4.69, 9.17) is 18.5 Å². The van der Waals surface area contributed by atoms with Gasteiger partial charge in [-0.1, -0.05) is 0 Å². The van der Waals surface area contributed by atoms with Gasteiger partial charge in [0, 0.05) is 25.6 Å². The summed E-state index contributed by atoms with van der Waals surface area (Å²) in [5.74, 6) is -1.53. The Kier molecular flexibility index (Phi) is 6.65. The van der Waals surface area contributed by atoms with E-state index < -0.39 is 86.8 Å². The van der Waals surface area contributed by atoms with Crippen LogP contribution in [0.25, 0.3) is 0 Å². The quantitative estimate of drug-likeness (QED) is 0.273. The van der Waals surface area contributed by atoms with Crippen molar-refractivity contribution in [3.05, 3.63) is 22.2 Å². The number of hydrogen-bond acceptors (Lipinski definition) is 12. The SMILES string of the molecule is C[C@@]12Cc3cn(c(=O)nc3[O-])[C@H]3C[C@H](O)[C@@H](COP(=O)(O)O[C@H]4CC(O[C@@H]4CO)N(C1)C(=O)NC2=O)O3. The standard InChI is InChI=1S/C20H27N4O12P/c1-20-4-9-5-23(18(29)21-16(9)27)14-2-10(26)13(35-14)7-33-37(31,32)36-11-3-15(34-12(11)6-25)24(8-20)19(30)22-17(20)28/h5,10-15,25-26H,2-4,6-8H2,1H3,(H,31,32)(H,21,27,29)(H,22,28,30)/p-1/t10-,11-,12+,13+,14+,15?,20+/m0/s1. The maximum Gasteiger partial charge on any atom is 0.472 e. The number of ether oxygens (including phenoxy) is 2. The number of fused-ring (bicyclic) bond motifs is 10. The van der Waals surface area contributed by atoms with Crippen LogP contribution < -0.4 is 16.1 Å². The summed E-state index contributed by atoms with van der Waals surface area (Å²) in [6.45, 7) is 0.104. The van der Waals surface area contributed by atoms with Gasteiger partial charge in [-0.3, -0.25) is 28.6 Å². The molecule has 2 unspecified atom stereocenters. The lowest BCUT2D eigenvalue weighted by Crippen LogP contribution is -2.62. The highest BCUT2D eigenvalue weighted by atomic mass is 31.2. The number of rotatable bonds is 1. The molecule has 0 aliphatic carbocycles. The Morgan fingerprint density at radius 2 is 2.00 bits per heavy atom. The smallest absolute Gasteiger partial charge is 0.472 e. The molecule has 5 heterocycles. The molecule has 1 aromatic rings. The lowest BCUT2D eigenvalue weighted by molar-refractivity contribution is -0.276. The van der Waals surface area contributed by atoms with Crippen molar-refractivity contribution in [2.24, 2.45) is 5.41 Å². The monoisotopic (exact) mass is 545 g/mol. The van der Waals surface area contributed by atoms with Gasteiger partial charge in [0.15, 0.2) is 0 Å². The highest BCUT2D eigenvalue weighted by Crippen LogP contribution is 2.48. The Bertz CT molecular complexity index is 1210. The van der Waals surface area contributed by atoms with Gasteiger partial charge in [0.25, 0.3) is 0 Å². The summed E-state index contributed by atoms with van der Waals surface area (Å²) in [5, 5.41) is 35.0. The fourth-order valence-corrected chi connectivity index (χ4v) is 5.98. The molecule has 4 N–H and O–H groups in total. The van der Waals surface area contributed by atoms with E-state index in [1.165, 1.54) is 18.0 Å². The molecular formula is C20H26N4O12P-. The van der Waals surface area contributed by atoms with Crippen LogP contribution in [0.3, 0.4) is 0 Å². The van der Waals surface area contributed by atoms with Crippen molar-refractivity contribution in [1.82, 2.24) is 19.8 Å². The van der Waals surface area contributed by atoms with E-state index in [9.17, 15) is 39.2 Å². The average Bonchev–Trinajstić information content (AvgIpc) is 3.39. The summed E-state index contributed by atoms with van der Waals surface area (Å²) in [4.78, 5) is 53.0. The van der Waals surface area contributed by atoms with Gasteiger partial charge < -0.3 is 29.7 Å². The summed E-state index contributed by atoms with van der Waals surface area (Å²) in [7, 11) is -4.76. The zero-order valence-corrected chi connectivity index (χ0v) is 20.5. The number of carbonyl (C=O) groups excluding carboxylic acids is 2. The third-order valence-electron chi connectivity index (χ3n) is 7.01. The largest absolute Gasteiger partial charge is 0.858 e. The third-order valence-corrected chi connectivity index (χ3v) is 8.02. The van der Waals surface area contributed by atoms with Crippen LogP contribution in [0.15, 0.2) is 11.0 Å². The van der Waals surface area contributed by atoms with Crippen LogP contribution >= 0.6 is 7.82 Å². The maximum absolute atomic E-state index is 12.9. The first-order chi connectivity index (χ1) is 17.4. The topological polar surface area (TPSA) is 222 Å². The number of hydrogen-bond donors (Lipinski definition) is 4. The molecule has 8 bridgehead atoms. The number of aromatic nitrogens is 2. The Morgan fingerprint density at radius 1 is 1.24 bits per heavy atom. The first-order valence-corrected chi connectivity index (χ1v) is 13.1. The highest BCUT2D eigenvalue weighted by Gasteiger charge is 2.50. The minimum Gasteiger partial charge on any atom is -0.858 e. The molecule has 3 amide bonds. The first-order valence-electron chi connectivity index (χ1n) is 11.6. The van der Waals surface area contributed by atoms with Gasteiger partial charge in [0.05, 0.1) is 24.7 Å². The molecule has 17 heteroatoms. The van der Waals surface area contributed by atoms with Crippen molar-refractivity contribution in [3.63, 3.8) is 0 Å². The van der Waals surface area contributed by atoms with Gasteiger partial charge in [-0.05, 0) is 24.8 Å². The van der Waals surface area contributed by atoms with Gasteiger partial charge in [-0.2, -0.15) is 0 Å². The molecule has 0 saturated carbocycles. The van der Waals surface area contributed by atoms with Crippen molar-refractivity contribution < 1.29 is 52.9 Å². The molecule has 3 fully saturated rings. The van der Waals surface area contributed by atoms with Gasteiger partial charge >= 0.3 is 19.5 Å². The van der Waals surface area contributed by atoms with Crippen LogP contribution in [-0.4, -0.2) is 91.9 Å². The Hall–Kier alpha value is -2.43. The van der Waals surface area contributed by atoms with Crippen molar-refractivity contribution in [3.8, 4) is 5.88 Å². The normalized spacial score (nSPS) is 40.4. The van der Waals surface area contributed by atoms with Crippen molar-refractivity contribution in [2.75, 3.05) is 19.8 Å². The number of aliphatic hydroxyl groups is 2. The Morgan fingerprint density at radius 3 is 2.73 bits per heavy atom. The number of aliphatic hydroxyl groups excluding tert-OH is 2. The van der Waals surface area contributed by atoms with Crippen LogP contribution in [-0.2, 0) is 34.3 Å². The number of imide groups is 1. The second-order valence-corrected chi connectivity index (χ2v) is 11.2. The molecule has 8 atom stereocenters.